The Kier molecular flexibility index (Phi) is 4.24. The van der Waals surface area contributed by atoms with Crippen LogP contribution >= 0.6 is 11.6 Å². The molecule has 0 saturated heterocycles. The number of aromatic nitrogens is 1. The Bertz CT molecular complexity index is 362. The summed E-state index contributed by atoms with van der Waals surface area (Å²) in [7, 11) is 4.28. The minimum Gasteiger partial charge on any atom is -0.473 e. The van der Waals surface area contributed by atoms with E-state index in [1.54, 1.807) is 6.20 Å². The molecule has 0 spiro atoms. The smallest absolute Gasteiger partial charge is 0.232 e. The van der Waals surface area contributed by atoms with E-state index in [4.69, 9.17) is 16.3 Å². The predicted octanol–water partition coefficient (Wildman–Crippen LogP) is 2.99. The van der Waals surface area contributed by atoms with Crippen LogP contribution < -0.4 is 4.74 Å². The second-order valence-electron chi connectivity index (χ2n) is 4.80. The number of rotatable bonds is 3. The van der Waals surface area contributed by atoms with Gasteiger partial charge in [-0.15, -0.1) is 0 Å². The standard InChI is InChI=1S/C13H19ClN2O/c1-16(2)10-5-7-11(8-6-10)17-13-12(14)4-3-9-15-13/h3-4,9-11H,5-8H2,1-2H3. The zero-order valence-electron chi connectivity index (χ0n) is 10.4. The maximum atomic E-state index is 6.03. The number of ether oxygens (including phenoxy) is 1. The van der Waals surface area contributed by atoms with E-state index in [-0.39, 0.29) is 6.10 Å². The van der Waals surface area contributed by atoms with Crippen LogP contribution in [0.5, 0.6) is 5.88 Å². The third kappa shape index (κ3) is 3.33. The second-order valence-corrected chi connectivity index (χ2v) is 5.21. The molecular formula is C13H19ClN2O. The fourth-order valence-corrected chi connectivity index (χ4v) is 2.46. The molecule has 1 aromatic heterocycles. The molecule has 0 atom stereocenters. The maximum Gasteiger partial charge on any atom is 0.232 e. The third-order valence-electron chi connectivity index (χ3n) is 3.38. The fraction of sp³-hybridized carbons (Fsp3) is 0.615. The van der Waals surface area contributed by atoms with E-state index in [1.165, 1.54) is 12.8 Å². The number of nitrogens with zero attached hydrogens (tertiary/aromatic N) is 2. The van der Waals surface area contributed by atoms with Gasteiger partial charge in [0.2, 0.25) is 5.88 Å². The predicted molar refractivity (Wildman–Crippen MR) is 69.6 cm³/mol. The molecule has 1 aromatic rings. The highest BCUT2D eigenvalue weighted by Gasteiger charge is 2.24. The minimum atomic E-state index is 0.263. The van der Waals surface area contributed by atoms with Crippen molar-refractivity contribution in [3.05, 3.63) is 23.4 Å². The minimum absolute atomic E-state index is 0.263. The van der Waals surface area contributed by atoms with Gasteiger partial charge < -0.3 is 9.64 Å². The van der Waals surface area contributed by atoms with Crippen molar-refractivity contribution in [1.29, 1.82) is 0 Å². The van der Waals surface area contributed by atoms with Crippen LogP contribution in [0.4, 0.5) is 0 Å². The normalized spacial score (nSPS) is 24.9. The molecule has 2 rings (SSSR count). The van der Waals surface area contributed by atoms with Gasteiger partial charge in [-0.3, -0.25) is 0 Å². The highest BCUT2D eigenvalue weighted by Crippen LogP contribution is 2.28. The van der Waals surface area contributed by atoms with Crippen molar-refractivity contribution in [2.24, 2.45) is 0 Å². The summed E-state index contributed by atoms with van der Waals surface area (Å²) in [5.74, 6) is 0.572. The Morgan fingerprint density at radius 1 is 1.29 bits per heavy atom. The quantitative estimate of drug-likeness (QED) is 0.829. The van der Waals surface area contributed by atoms with E-state index in [2.05, 4.69) is 24.0 Å². The van der Waals surface area contributed by atoms with Crippen LogP contribution in [-0.2, 0) is 0 Å². The lowest BCUT2D eigenvalue weighted by atomic mass is 9.92. The first-order chi connectivity index (χ1) is 8.16. The Morgan fingerprint density at radius 3 is 2.59 bits per heavy atom. The molecule has 0 amide bonds. The highest BCUT2D eigenvalue weighted by molar-refractivity contribution is 6.31. The summed E-state index contributed by atoms with van der Waals surface area (Å²) < 4.78 is 5.85. The molecule has 17 heavy (non-hydrogen) atoms. The van der Waals surface area contributed by atoms with Crippen molar-refractivity contribution in [2.45, 2.75) is 37.8 Å². The van der Waals surface area contributed by atoms with Crippen molar-refractivity contribution in [1.82, 2.24) is 9.88 Å². The van der Waals surface area contributed by atoms with Crippen LogP contribution in [0.2, 0.25) is 5.02 Å². The monoisotopic (exact) mass is 254 g/mol. The summed E-state index contributed by atoms with van der Waals surface area (Å²) in [5.41, 5.74) is 0. The number of hydrogen-bond donors (Lipinski definition) is 0. The van der Waals surface area contributed by atoms with Crippen molar-refractivity contribution in [3.8, 4) is 5.88 Å². The molecule has 0 unspecified atom stereocenters. The molecule has 4 heteroatoms. The fourth-order valence-electron chi connectivity index (χ4n) is 2.30. The van der Waals surface area contributed by atoms with Gasteiger partial charge in [-0.25, -0.2) is 4.98 Å². The van der Waals surface area contributed by atoms with Crippen LogP contribution in [-0.4, -0.2) is 36.1 Å². The van der Waals surface area contributed by atoms with Gasteiger partial charge in [0.1, 0.15) is 11.1 Å². The van der Waals surface area contributed by atoms with E-state index in [1.807, 2.05) is 12.1 Å². The summed E-state index contributed by atoms with van der Waals surface area (Å²) in [4.78, 5) is 6.46. The molecule has 94 valence electrons. The Morgan fingerprint density at radius 2 is 2.00 bits per heavy atom. The number of hydrogen-bond acceptors (Lipinski definition) is 3. The Balaban J connectivity index is 1.88. The molecule has 0 aromatic carbocycles. The van der Waals surface area contributed by atoms with Crippen molar-refractivity contribution in [3.63, 3.8) is 0 Å². The molecule has 1 aliphatic rings. The van der Waals surface area contributed by atoms with Crippen molar-refractivity contribution >= 4 is 11.6 Å². The lowest BCUT2D eigenvalue weighted by Crippen LogP contribution is -2.35. The third-order valence-corrected chi connectivity index (χ3v) is 3.66. The molecule has 1 aliphatic carbocycles. The molecule has 0 bridgehead atoms. The van der Waals surface area contributed by atoms with E-state index in [0.29, 0.717) is 16.9 Å². The van der Waals surface area contributed by atoms with E-state index in [0.717, 1.165) is 12.8 Å². The lowest BCUT2D eigenvalue weighted by molar-refractivity contribution is 0.107. The molecule has 1 saturated carbocycles. The topological polar surface area (TPSA) is 25.4 Å². The van der Waals surface area contributed by atoms with Gasteiger partial charge in [0.15, 0.2) is 0 Å². The van der Waals surface area contributed by atoms with Gasteiger partial charge in [-0.2, -0.15) is 0 Å². The van der Waals surface area contributed by atoms with Gasteiger partial charge in [-0.05, 0) is 51.9 Å². The molecule has 0 N–H and O–H groups in total. The second kappa shape index (κ2) is 5.69. The van der Waals surface area contributed by atoms with Crippen molar-refractivity contribution < 1.29 is 4.74 Å². The molecule has 3 nitrogen and oxygen atoms in total. The van der Waals surface area contributed by atoms with Crippen LogP contribution in [0.25, 0.3) is 0 Å². The molecular weight excluding hydrogens is 236 g/mol. The first-order valence-electron chi connectivity index (χ1n) is 6.10. The summed E-state index contributed by atoms with van der Waals surface area (Å²) >= 11 is 6.03. The summed E-state index contributed by atoms with van der Waals surface area (Å²) in [6, 6.07) is 4.32. The largest absolute Gasteiger partial charge is 0.473 e. The van der Waals surface area contributed by atoms with Gasteiger partial charge >= 0.3 is 0 Å². The highest BCUT2D eigenvalue weighted by atomic mass is 35.5. The molecule has 0 aliphatic heterocycles. The van der Waals surface area contributed by atoms with Crippen LogP contribution in [0, 0.1) is 0 Å². The summed E-state index contributed by atoms with van der Waals surface area (Å²) in [5, 5.41) is 0.599. The average molecular weight is 255 g/mol. The Labute approximate surface area is 108 Å². The van der Waals surface area contributed by atoms with E-state index < -0.39 is 0 Å². The molecule has 1 fully saturated rings. The Hall–Kier alpha value is -0.800. The maximum absolute atomic E-state index is 6.03. The zero-order chi connectivity index (χ0) is 12.3. The van der Waals surface area contributed by atoms with Crippen molar-refractivity contribution in [2.75, 3.05) is 14.1 Å². The van der Waals surface area contributed by atoms with Gasteiger partial charge in [-0.1, -0.05) is 11.6 Å². The molecule has 1 heterocycles. The molecule has 0 radical (unpaired) electrons. The van der Waals surface area contributed by atoms with Crippen LogP contribution in [0.1, 0.15) is 25.7 Å². The SMILES string of the molecule is CN(C)C1CCC(Oc2ncccc2Cl)CC1. The van der Waals surface area contributed by atoms with E-state index in [9.17, 15) is 0 Å². The van der Waals surface area contributed by atoms with Gasteiger partial charge in [0, 0.05) is 12.2 Å². The first-order valence-corrected chi connectivity index (χ1v) is 6.48. The van der Waals surface area contributed by atoms with E-state index >= 15 is 0 Å². The first kappa shape index (κ1) is 12.7. The zero-order valence-corrected chi connectivity index (χ0v) is 11.2. The number of pyridine rings is 1. The average Bonchev–Trinajstić information content (AvgIpc) is 2.33. The lowest BCUT2D eigenvalue weighted by Gasteiger charge is -2.32. The summed E-state index contributed by atoms with van der Waals surface area (Å²) in [6.07, 6.45) is 6.50. The van der Waals surface area contributed by atoms with Crippen LogP contribution in [0.15, 0.2) is 18.3 Å². The van der Waals surface area contributed by atoms with Crippen LogP contribution in [0.3, 0.4) is 0 Å². The van der Waals surface area contributed by atoms with Gasteiger partial charge in [0.05, 0.1) is 0 Å². The van der Waals surface area contributed by atoms with Gasteiger partial charge in [0.25, 0.3) is 0 Å². The summed E-state index contributed by atoms with van der Waals surface area (Å²) in [6.45, 7) is 0. The number of halogens is 1.